The van der Waals surface area contributed by atoms with E-state index in [0.717, 1.165) is 0 Å². The van der Waals surface area contributed by atoms with Crippen molar-refractivity contribution in [2.75, 3.05) is 28.4 Å². The Morgan fingerprint density at radius 2 is 1.63 bits per heavy atom. The van der Waals surface area contributed by atoms with Gasteiger partial charge in [-0.05, 0) is 12.5 Å². The second-order valence-corrected chi connectivity index (χ2v) is 6.24. The average Bonchev–Trinajstić information content (AvgIpc) is 2.75. The van der Waals surface area contributed by atoms with Crippen LogP contribution in [0.1, 0.15) is 28.9 Å². The maximum atomic E-state index is 13.2. The summed E-state index contributed by atoms with van der Waals surface area (Å²) < 4.78 is 15.5. The number of hydrogen-bond donors (Lipinski definition) is 0. The SMILES string of the molecule is COc1cc(C(=O)N(C)C(C)c2cccc([N+](=O)[O-])c2)c([N+](=O)[O-])c(OC)c1OC. The number of ether oxygens (including phenoxy) is 3. The van der Waals surface area contributed by atoms with E-state index in [0.29, 0.717) is 5.56 Å². The van der Waals surface area contributed by atoms with E-state index in [1.54, 1.807) is 13.0 Å². The van der Waals surface area contributed by atoms with Gasteiger partial charge in [0.1, 0.15) is 5.56 Å². The van der Waals surface area contributed by atoms with Crippen molar-refractivity contribution < 1.29 is 28.9 Å². The molecule has 0 fully saturated rings. The molecule has 11 nitrogen and oxygen atoms in total. The molecule has 11 heteroatoms. The lowest BCUT2D eigenvalue weighted by Crippen LogP contribution is -2.30. The summed E-state index contributed by atoms with van der Waals surface area (Å²) in [7, 11) is 5.28. The van der Waals surface area contributed by atoms with Crippen molar-refractivity contribution >= 4 is 17.3 Å². The van der Waals surface area contributed by atoms with Gasteiger partial charge in [0.25, 0.3) is 11.6 Å². The summed E-state index contributed by atoms with van der Waals surface area (Å²) in [6.07, 6.45) is 0. The van der Waals surface area contributed by atoms with E-state index in [1.807, 2.05) is 0 Å². The largest absolute Gasteiger partial charge is 0.493 e. The van der Waals surface area contributed by atoms with Gasteiger partial charge in [-0.15, -0.1) is 0 Å². The number of amides is 1. The Kier molecular flexibility index (Phi) is 6.77. The minimum absolute atomic E-state index is 0.0161. The molecule has 0 saturated heterocycles. The zero-order chi connectivity index (χ0) is 22.6. The fraction of sp³-hybridized carbons (Fsp3) is 0.316. The second-order valence-electron chi connectivity index (χ2n) is 6.24. The monoisotopic (exact) mass is 419 g/mol. The van der Waals surface area contributed by atoms with Crippen LogP contribution in [-0.2, 0) is 0 Å². The van der Waals surface area contributed by atoms with Crippen LogP contribution in [0.4, 0.5) is 11.4 Å². The van der Waals surface area contributed by atoms with Crippen LogP contribution < -0.4 is 14.2 Å². The molecule has 30 heavy (non-hydrogen) atoms. The number of nitro benzene ring substituents is 2. The normalized spacial score (nSPS) is 11.4. The van der Waals surface area contributed by atoms with E-state index in [4.69, 9.17) is 14.2 Å². The smallest absolute Gasteiger partial charge is 0.327 e. The number of hydrogen-bond acceptors (Lipinski definition) is 8. The van der Waals surface area contributed by atoms with Crippen LogP contribution in [0.2, 0.25) is 0 Å². The fourth-order valence-electron chi connectivity index (χ4n) is 2.97. The number of methoxy groups -OCH3 is 3. The molecule has 0 aliphatic rings. The highest BCUT2D eigenvalue weighted by atomic mass is 16.6. The van der Waals surface area contributed by atoms with Gasteiger partial charge >= 0.3 is 5.69 Å². The first-order chi connectivity index (χ1) is 14.2. The Hall–Kier alpha value is -3.89. The predicted octanol–water partition coefficient (Wildman–Crippen LogP) is 3.36. The molecule has 2 aromatic rings. The van der Waals surface area contributed by atoms with Gasteiger partial charge < -0.3 is 19.1 Å². The molecule has 0 N–H and O–H groups in total. The standard InChI is InChI=1S/C19H21N3O8/c1-11(12-7-6-8-13(9-12)21(24)25)20(2)19(23)14-10-15(28-3)17(29-4)18(30-5)16(14)22(26)27/h6-11H,1-5H3. The summed E-state index contributed by atoms with van der Waals surface area (Å²) >= 11 is 0. The maximum Gasteiger partial charge on any atom is 0.327 e. The molecule has 160 valence electrons. The highest BCUT2D eigenvalue weighted by Crippen LogP contribution is 2.46. The third-order valence-corrected chi connectivity index (χ3v) is 4.68. The molecule has 0 saturated carbocycles. The number of nitro groups is 2. The molecule has 1 amide bonds. The van der Waals surface area contributed by atoms with Crippen LogP contribution in [-0.4, -0.2) is 49.0 Å². The number of rotatable bonds is 8. The van der Waals surface area contributed by atoms with E-state index in [9.17, 15) is 25.0 Å². The maximum absolute atomic E-state index is 13.2. The van der Waals surface area contributed by atoms with Crippen molar-refractivity contribution in [2.24, 2.45) is 0 Å². The highest BCUT2D eigenvalue weighted by Gasteiger charge is 2.34. The number of non-ortho nitro benzene ring substituents is 1. The minimum Gasteiger partial charge on any atom is -0.493 e. The second kappa shape index (κ2) is 9.07. The van der Waals surface area contributed by atoms with Crippen LogP contribution >= 0.6 is 0 Å². The molecule has 0 radical (unpaired) electrons. The van der Waals surface area contributed by atoms with Gasteiger partial charge in [0, 0.05) is 25.2 Å². The molecule has 2 aromatic carbocycles. The van der Waals surface area contributed by atoms with Gasteiger partial charge in [-0.25, -0.2) is 0 Å². The molecule has 0 aliphatic heterocycles. The van der Waals surface area contributed by atoms with E-state index in [1.165, 1.54) is 57.5 Å². The lowest BCUT2D eigenvalue weighted by molar-refractivity contribution is -0.386. The van der Waals surface area contributed by atoms with Crippen LogP contribution in [0.25, 0.3) is 0 Å². The van der Waals surface area contributed by atoms with Crippen LogP contribution in [0, 0.1) is 20.2 Å². The van der Waals surface area contributed by atoms with E-state index >= 15 is 0 Å². The molecule has 0 aliphatic carbocycles. The van der Waals surface area contributed by atoms with E-state index < -0.39 is 27.5 Å². The van der Waals surface area contributed by atoms with Crippen molar-refractivity contribution in [1.29, 1.82) is 0 Å². The predicted molar refractivity (Wildman–Crippen MR) is 106 cm³/mol. The van der Waals surface area contributed by atoms with Crippen molar-refractivity contribution in [3.05, 3.63) is 61.7 Å². The topological polar surface area (TPSA) is 134 Å². The summed E-state index contributed by atoms with van der Waals surface area (Å²) in [5.74, 6) is -0.876. The van der Waals surface area contributed by atoms with Gasteiger partial charge in [0.15, 0.2) is 5.75 Å². The van der Waals surface area contributed by atoms with Crippen molar-refractivity contribution in [1.82, 2.24) is 4.90 Å². The molecule has 0 heterocycles. The van der Waals surface area contributed by atoms with Gasteiger partial charge in [0.05, 0.1) is 37.2 Å². The number of nitrogens with zero attached hydrogens (tertiary/aromatic N) is 3. The van der Waals surface area contributed by atoms with Crippen molar-refractivity contribution in [3.63, 3.8) is 0 Å². The fourth-order valence-corrected chi connectivity index (χ4v) is 2.97. The lowest BCUT2D eigenvalue weighted by Gasteiger charge is -2.26. The minimum atomic E-state index is -0.736. The zero-order valence-electron chi connectivity index (χ0n) is 17.1. The molecule has 0 aromatic heterocycles. The first-order valence-electron chi connectivity index (χ1n) is 8.66. The number of carbonyl (C=O) groups is 1. The average molecular weight is 419 g/mol. The molecule has 0 bridgehead atoms. The first kappa shape index (κ1) is 22.4. The third kappa shape index (κ3) is 4.09. The Morgan fingerprint density at radius 1 is 1.00 bits per heavy atom. The van der Waals surface area contributed by atoms with Crippen LogP contribution in [0.5, 0.6) is 17.2 Å². The van der Waals surface area contributed by atoms with Gasteiger partial charge in [-0.1, -0.05) is 12.1 Å². The van der Waals surface area contributed by atoms with Gasteiger partial charge in [-0.3, -0.25) is 25.0 Å². The van der Waals surface area contributed by atoms with Crippen molar-refractivity contribution in [2.45, 2.75) is 13.0 Å². The lowest BCUT2D eigenvalue weighted by atomic mass is 10.0. The third-order valence-electron chi connectivity index (χ3n) is 4.68. The summed E-state index contributed by atoms with van der Waals surface area (Å²) in [5, 5.41) is 22.8. The first-order valence-corrected chi connectivity index (χ1v) is 8.66. The molecule has 2 rings (SSSR count). The highest BCUT2D eigenvalue weighted by molar-refractivity contribution is 6.00. The zero-order valence-corrected chi connectivity index (χ0v) is 17.1. The van der Waals surface area contributed by atoms with E-state index in [-0.39, 0.29) is 28.5 Å². The van der Waals surface area contributed by atoms with Gasteiger partial charge in [0.2, 0.25) is 11.5 Å². The van der Waals surface area contributed by atoms with Crippen LogP contribution in [0.3, 0.4) is 0 Å². The Labute approximate surface area is 172 Å². The summed E-state index contributed by atoms with van der Waals surface area (Å²) in [6.45, 7) is 1.65. The summed E-state index contributed by atoms with van der Waals surface area (Å²) in [4.78, 5) is 35.9. The van der Waals surface area contributed by atoms with Crippen molar-refractivity contribution in [3.8, 4) is 17.2 Å². The summed E-state index contributed by atoms with van der Waals surface area (Å²) in [5.41, 5.74) is -0.471. The Morgan fingerprint density at radius 3 is 2.13 bits per heavy atom. The number of carbonyl (C=O) groups excluding carboxylic acids is 1. The molecular formula is C19H21N3O8. The molecular weight excluding hydrogens is 398 g/mol. The van der Waals surface area contributed by atoms with Crippen LogP contribution in [0.15, 0.2) is 30.3 Å². The quantitative estimate of drug-likeness (QED) is 0.469. The summed E-state index contributed by atoms with van der Waals surface area (Å²) in [6, 6.07) is 6.41. The molecule has 1 atom stereocenters. The Bertz CT molecular complexity index is 992. The molecule has 0 spiro atoms. The number of benzene rings is 2. The van der Waals surface area contributed by atoms with E-state index in [2.05, 4.69) is 0 Å². The molecule has 1 unspecified atom stereocenters. The van der Waals surface area contributed by atoms with Gasteiger partial charge in [-0.2, -0.15) is 0 Å². The Balaban J connectivity index is 2.57.